The molecule has 0 saturated heterocycles. The third-order valence-corrected chi connectivity index (χ3v) is 3.08. The first-order valence-electron chi connectivity index (χ1n) is 5.75. The van der Waals surface area contributed by atoms with E-state index in [2.05, 4.69) is 43.4 Å². The summed E-state index contributed by atoms with van der Waals surface area (Å²) in [6, 6.07) is 10.4. The molecule has 1 aromatic heterocycles. The van der Waals surface area contributed by atoms with Crippen molar-refractivity contribution in [1.29, 1.82) is 0 Å². The number of nitrogens with one attached hydrogen (secondary N) is 1. The van der Waals surface area contributed by atoms with E-state index >= 15 is 0 Å². The van der Waals surface area contributed by atoms with Gasteiger partial charge in [0.25, 0.3) is 0 Å². The van der Waals surface area contributed by atoms with Crippen LogP contribution in [0.3, 0.4) is 0 Å². The molecule has 0 spiro atoms. The molecule has 1 N–H and O–H groups in total. The average Bonchev–Trinajstić information content (AvgIpc) is 2.74. The van der Waals surface area contributed by atoms with Crippen LogP contribution in [-0.2, 0) is 0 Å². The number of benzene rings is 1. The van der Waals surface area contributed by atoms with Gasteiger partial charge < -0.3 is 9.73 Å². The Balaban J connectivity index is 2.35. The maximum absolute atomic E-state index is 6.04. The lowest BCUT2D eigenvalue weighted by atomic mass is 10.00. The highest BCUT2D eigenvalue weighted by atomic mass is 35.5. The monoisotopic (exact) mass is 249 g/mol. The second-order valence-electron chi connectivity index (χ2n) is 4.05. The second-order valence-corrected chi connectivity index (χ2v) is 4.39. The Bertz CT molecular complexity index is 475. The van der Waals surface area contributed by atoms with Gasteiger partial charge in [0.05, 0.1) is 12.3 Å². The highest BCUT2D eigenvalue weighted by Crippen LogP contribution is 2.29. The maximum atomic E-state index is 6.04. The fourth-order valence-corrected chi connectivity index (χ4v) is 2.10. The van der Waals surface area contributed by atoms with Crippen LogP contribution in [0.4, 0.5) is 0 Å². The first-order chi connectivity index (χ1) is 8.22. The van der Waals surface area contributed by atoms with Crippen molar-refractivity contribution in [3.63, 3.8) is 0 Å². The number of aryl methyl sites for hydroxylation is 1. The molecule has 1 aromatic carbocycles. The standard InChI is InChI=1S/C14H16ClNO/c1-3-16-13(12-8-9-17-14(12)15)11-6-4-10(2)5-7-11/h4-9,13,16H,3H2,1-2H3. The van der Waals surface area contributed by atoms with E-state index < -0.39 is 0 Å². The van der Waals surface area contributed by atoms with E-state index in [1.165, 1.54) is 11.1 Å². The molecule has 17 heavy (non-hydrogen) atoms. The molecule has 0 amide bonds. The molecule has 0 fully saturated rings. The zero-order valence-electron chi connectivity index (χ0n) is 10.0. The quantitative estimate of drug-likeness (QED) is 0.888. The average molecular weight is 250 g/mol. The molecular formula is C14H16ClNO. The maximum Gasteiger partial charge on any atom is 0.198 e. The van der Waals surface area contributed by atoms with Gasteiger partial charge in [0.2, 0.25) is 0 Å². The van der Waals surface area contributed by atoms with Gasteiger partial charge in [-0.05, 0) is 36.7 Å². The van der Waals surface area contributed by atoms with E-state index in [-0.39, 0.29) is 6.04 Å². The van der Waals surface area contributed by atoms with E-state index in [9.17, 15) is 0 Å². The molecule has 0 aliphatic carbocycles. The van der Waals surface area contributed by atoms with Crippen LogP contribution in [-0.4, -0.2) is 6.54 Å². The zero-order chi connectivity index (χ0) is 12.3. The Morgan fingerprint density at radius 2 is 1.94 bits per heavy atom. The van der Waals surface area contributed by atoms with Gasteiger partial charge in [-0.25, -0.2) is 0 Å². The molecule has 2 rings (SSSR count). The summed E-state index contributed by atoms with van der Waals surface area (Å²) in [6.07, 6.45) is 1.62. The molecule has 0 bridgehead atoms. The summed E-state index contributed by atoms with van der Waals surface area (Å²) in [7, 11) is 0. The van der Waals surface area contributed by atoms with Gasteiger partial charge in [-0.15, -0.1) is 0 Å². The van der Waals surface area contributed by atoms with Gasteiger partial charge in [0, 0.05) is 5.56 Å². The van der Waals surface area contributed by atoms with Crippen LogP contribution in [0.1, 0.15) is 29.7 Å². The minimum absolute atomic E-state index is 0.0897. The molecule has 90 valence electrons. The van der Waals surface area contributed by atoms with Gasteiger partial charge in [-0.3, -0.25) is 0 Å². The number of hydrogen-bond donors (Lipinski definition) is 1. The molecule has 0 saturated carbocycles. The highest BCUT2D eigenvalue weighted by Gasteiger charge is 2.17. The summed E-state index contributed by atoms with van der Waals surface area (Å²) in [6.45, 7) is 5.03. The second kappa shape index (κ2) is 5.39. The molecule has 1 atom stereocenters. The van der Waals surface area contributed by atoms with Crippen molar-refractivity contribution >= 4 is 11.6 Å². The smallest absolute Gasteiger partial charge is 0.198 e. The highest BCUT2D eigenvalue weighted by molar-refractivity contribution is 6.29. The summed E-state index contributed by atoms with van der Waals surface area (Å²) in [5, 5.41) is 3.87. The minimum Gasteiger partial charge on any atom is -0.453 e. The number of hydrogen-bond acceptors (Lipinski definition) is 2. The van der Waals surface area contributed by atoms with E-state index in [1.54, 1.807) is 6.26 Å². The first kappa shape index (κ1) is 12.2. The van der Waals surface area contributed by atoms with Gasteiger partial charge in [0.1, 0.15) is 0 Å². The van der Waals surface area contributed by atoms with Crippen molar-refractivity contribution in [3.05, 3.63) is 58.5 Å². The van der Waals surface area contributed by atoms with Crippen LogP contribution in [0.25, 0.3) is 0 Å². The predicted octanol–water partition coefficient (Wildman–Crippen LogP) is 3.94. The van der Waals surface area contributed by atoms with Crippen molar-refractivity contribution < 1.29 is 4.42 Å². The molecule has 1 heterocycles. The summed E-state index contributed by atoms with van der Waals surface area (Å²) < 4.78 is 5.16. The zero-order valence-corrected chi connectivity index (χ0v) is 10.8. The van der Waals surface area contributed by atoms with Crippen molar-refractivity contribution in [1.82, 2.24) is 5.32 Å². The molecular weight excluding hydrogens is 234 g/mol. The van der Waals surface area contributed by atoms with Gasteiger partial charge in [0.15, 0.2) is 5.22 Å². The summed E-state index contributed by atoms with van der Waals surface area (Å²) in [4.78, 5) is 0. The van der Waals surface area contributed by atoms with Crippen LogP contribution in [0.5, 0.6) is 0 Å². The lowest BCUT2D eigenvalue weighted by Gasteiger charge is -2.17. The summed E-state index contributed by atoms with van der Waals surface area (Å²) >= 11 is 6.04. The lowest BCUT2D eigenvalue weighted by Crippen LogP contribution is -2.21. The third-order valence-electron chi connectivity index (χ3n) is 2.78. The Morgan fingerprint density at radius 1 is 1.24 bits per heavy atom. The van der Waals surface area contributed by atoms with Gasteiger partial charge in [-0.2, -0.15) is 0 Å². The van der Waals surface area contributed by atoms with E-state index in [1.807, 2.05) is 6.07 Å². The van der Waals surface area contributed by atoms with Crippen molar-refractivity contribution in [3.8, 4) is 0 Å². The topological polar surface area (TPSA) is 25.2 Å². The molecule has 3 heteroatoms. The van der Waals surface area contributed by atoms with Crippen molar-refractivity contribution in [2.24, 2.45) is 0 Å². The molecule has 2 nitrogen and oxygen atoms in total. The molecule has 1 unspecified atom stereocenters. The van der Waals surface area contributed by atoms with E-state index in [4.69, 9.17) is 16.0 Å². The third kappa shape index (κ3) is 2.71. The number of rotatable bonds is 4. The lowest BCUT2D eigenvalue weighted by molar-refractivity contribution is 0.555. The molecule has 0 aliphatic heterocycles. The molecule has 0 radical (unpaired) electrons. The van der Waals surface area contributed by atoms with Crippen LogP contribution < -0.4 is 5.32 Å². The van der Waals surface area contributed by atoms with Gasteiger partial charge >= 0.3 is 0 Å². The van der Waals surface area contributed by atoms with Crippen molar-refractivity contribution in [2.75, 3.05) is 6.54 Å². The first-order valence-corrected chi connectivity index (χ1v) is 6.13. The Hall–Kier alpha value is -1.25. The number of halogens is 1. The number of furan rings is 1. The Kier molecular flexibility index (Phi) is 3.87. The van der Waals surface area contributed by atoms with E-state index in [0.29, 0.717) is 5.22 Å². The van der Waals surface area contributed by atoms with Gasteiger partial charge in [-0.1, -0.05) is 36.8 Å². The molecule has 2 aromatic rings. The SMILES string of the molecule is CCNC(c1ccc(C)cc1)c1ccoc1Cl. The Labute approximate surface area is 107 Å². The van der Waals surface area contributed by atoms with E-state index in [0.717, 1.165) is 12.1 Å². The van der Waals surface area contributed by atoms with Crippen LogP contribution in [0, 0.1) is 6.92 Å². The van der Waals surface area contributed by atoms with Crippen molar-refractivity contribution in [2.45, 2.75) is 19.9 Å². The Morgan fingerprint density at radius 3 is 2.47 bits per heavy atom. The molecule has 0 aliphatic rings. The predicted molar refractivity (Wildman–Crippen MR) is 70.4 cm³/mol. The largest absolute Gasteiger partial charge is 0.453 e. The fourth-order valence-electron chi connectivity index (χ4n) is 1.88. The summed E-state index contributed by atoms with van der Waals surface area (Å²) in [5.41, 5.74) is 3.43. The normalized spacial score (nSPS) is 12.6. The fraction of sp³-hybridized carbons (Fsp3) is 0.286. The minimum atomic E-state index is 0.0897. The van der Waals surface area contributed by atoms with Crippen LogP contribution >= 0.6 is 11.6 Å². The van der Waals surface area contributed by atoms with Crippen LogP contribution in [0.2, 0.25) is 5.22 Å². The van der Waals surface area contributed by atoms with Crippen LogP contribution in [0.15, 0.2) is 41.0 Å². The summed E-state index contributed by atoms with van der Waals surface area (Å²) in [5.74, 6) is 0.